The number of anilines is 2. The molecule has 1 aromatic carbocycles. The topological polar surface area (TPSA) is 120 Å². The smallest absolute Gasteiger partial charge is 0.257 e. The van der Waals surface area contributed by atoms with Gasteiger partial charge in [0, 0.05) is 36.5 Å². The van der Waals surface area contributed by atoms with Gasteiger partial charge in [0.25, 0.3) is 11.8 Å². The predicted octanol–water partition coefficient (Wildman–Crippen LogP) is 2.06. The Morgan fingerprint density at radius 3 is 2.62 bits per heavy atom. The van der Waals surface area contributed by atoms with Crippen molar-refractivity contribution in [3.8, 4) is 0 Å². The number of carbonyl (C=O) groups is 4. The van der Waals surface area contributed by atoms with Crippen molar-refractivity contribution in [2.24, 2.45) is 0 Å². The number of aromatic nitrogens is 1. The monoisotopic (exact) mass is 433 g/mol. The highest BCUT2D eigenvalue weighted by Crippen LogP contribution is 2.29. The van der Waals surface area contributed by atoms with Crippen LogP contribution in [0.4, 0.5) is 11.5 Å². The number of nitrogens with one attached hydrogen (secondary N) is 3. The molecule has 0 bridgehead atoms. The molecule has 3 N–H and O–H groups in total. The van der Waals surface area contributed by atoms with Crippen LogP contribution in [-0.4, -0.2) is 45.6 Å². The zero-order valence-electron chi connectivity index (χ0n) is 17.4. The lowest BCUT2D eigenvalue weighted by Gasteiger charge is -2.29. The fourth-order valence-electron chi connectivity index (χ4n) is 4.23. The molecule has 2 fully saturated rings. The zero-order chi connectivity index (χ0) is 22.2. The Morgan fingerprint density at radius 2 is 1.94 bits per heavy atom. The Morgan fingerprint density at radius 1 is 1.09 bits per heavy atom. The van der Waals surface area contributed by atoms with Crippen LogP contribution in [0, 0.1) is 0 Å². The van der Waals surface area contributed by atoms with Crippen LogP contribution in [0.2, 0.25) is 0 Å². The van der Waals surface area contributed by atoms with Gasteiger partial charge in [-0.2, -0.15) is 0 Å². The van der Waals surface area contributed by atoms with Crippen molar-refractivity contribution >= 4 is 35.1 Å². The highest BCUT2D eigenvalue weighted by molar-refractivity contribution is 6.07. The molecule has 2 aromatic rings. The molecule has 1 unspecified atom stereocenters. The van der Waals surface area contributed by atoms with Gasteiger partial charge in [-0.3, -0.25) is 24.5 Å². The normalized spacial score (nSPS) is 20.4. The second-order valence-corrected chi connectivity index (χ2v) is 8.43. The number of pyridine rings is 1. The summed E-state index contributed by atoms with van der Waals surface area (Å²) in [7, 11) is 0. The second-order valence-electron chi connectivity index (χ2n) is 8.43. The predicted molar refractivity (Wildman–Crippen MR) is 116 cm³/mol. The quantitative estimate of drug-likeness (QED) is 0.621. The summed E-state index contributed by atoms with van der Waals surface area (Å²) in [5.41, 5.74) is 2.23. The van der Waals surface area contributed by atoms with Gasteiger partial charge in [0.05, 0.1) is 5.56 Å². The fourth-order valence-corrected chi connectivity index (χ4v) is 4.23. The minimum atomic E-state index is -0.663. The number of amides is 4. The van der Waals surface area contributed by atoms with Crippen LogP contribution in [0.15, 0.2) is 36.5 Å². The van der Waals surface area contributed by atoms with Crippen LogP contribution in [-0.2, 0) is 16.1 Å². The third-order valence-electron chi connectivity index (χ3n) is 6.26. The van der Waals surface area contributed by atoms with Crippen molar-refractivity contribution < 1.29 is 19.2 Å². The lowest BCUT2D eigenvalue weighted by molar-refractivity contribution is -0.136. The molecule has 1 saturated heterocycles. The number of hydrogen-bond donors (Lipinski definition) is 3. The minimum absolute atomic E-state index is 0.209. The average Bonchev–Trinajstić information content (AvgIpc) is 3.07. The number of rotatable bonds is 5. The van der Waals surface area contributed by atoms with E-state index in [4.69, 9.17) is 0 Å². The lowest BCUT2D eigenvalue weighted by atomic mass is 9.93. The van der Waals surface area contributed by atoms with Gasteiger partial charge in [-0.05, 0) is 61.6 Å². The van der Waals surface area contributed by atoms with Crippen LogP contribution >= 0.6 is 0 Å². The van der Waals surface area contributed by atoms with Crippen molar-refractivity contribution in [2.75, 3.05) is 10.6 Å². The molecular weight excluding hydrogens is 410 g/mol. The van der Waals surface area contributed by atoms with Gasteiger partial charge in [-0.25, -0.2) is 4.98 Å². The number of hydrogen-bond acceptors (Lipinski definition) is 6. The molecule has 1 aromatic heterocycles. The lowest BCUT2D eigenvalue weighted by Crippen LogP contribution is -2.52. The van der Waals surface area contributed by atoms with Gasteiger partial charge in [-0.1, -0.05) is 0 Å². The first-order valence-corrected chi connectivity index (χ1v) is 10.8. The highest BCUT2D eigenvalue weighted by atomic mass is 16.2. The summed E-state index contributed by atoms with van der Waals surface area (Å²) in [6.07, 6.45) is 5.58. The van der Waals surface area contributed by atoms with Gasteiger partial charge in [0.15, 0.2) is 0 Å². The number of piperidine rings is 1. The molecular formula is C23H23N5O4. The molecule has 1 aliphatic carbocycles. The second kappa shape index (κ2) is 8.07. The molecule has 1 atom stereocenters. The van der Waals surface area contributed by atoms with Crippen molar-refractivity contribution in [1.82, 2.24) is 15.2 Å². The largest absolute Gasteiger partial charge is 0.367 e. The first kappa shape index (κ1) is 20.2. The minimum Gasteiger partial charge on any atom is -0.367 e. The van der Waals surface area contributed by atoms with E-state index in [0.717, 1.165) is 24.2 Å². The molecule has 2 aliphatic heterocycles. The first-order valence-electron chi connectivity index (χ1n) is 10.8. The van der Waals surface area contributed by atoms with E-state index < -0.39 is 11.9 Å². The molecule has 164 valence electrons. The van der Waals surface area contributed by atoms with E-state index in [9.17, 15) is 19.2 Å². The van der Waals surface area contributed by atoms with Crippen molar-refractivity contribution in [3.05, 3.63) is 53.2 Å². The third-order valence-corrected chi connectivity index (χ3v) is 6.26. The Bertz CT molecular complexity index is 1110. The van der Waals surface area contributed by atoms with Gasteiger partial charge in [0.1, 0.15) is 11.9 Å². The van der Waals surface area contributed by atoms with Crippen LogP contribution in [0.1, 0.15) is 58.4 Å². The van der Waals surface area contributed by atoms with E-state index in [1.165, 1.54) is 17.5 Å². The van der Waals surface area contributed by atoms with Gasteiger partial charge in [-0.15, -0.1) is 0 Å². The van der Waals surface area contributed by atoms with E-state index in [-0.39, 0.29) is 30.7 Å². The summed E-state index contributed by atoms with van der Waals surface area (Å²) < 4.78 is 0. The van der Waals surface area contributed by atoms with Crippen LogP contribution in [0.5, 0.6) is 0 Å². The van der Waals surface area contributed by atoms with Crippen LogP contribution < -0.4 is 16.0 Å². The summed E-state index contributed by atoms with van der Waals surface area (Å²) in [6, 6.07) is 8.40. The van der Waals surface area contributed by atoms with E-state index in [0.29, 0.717) is 29.3 Å². The van der Waals surface area contributed by atoms with Gasteiger partial charge >= 0.3 is 0 Å². The summed E-state index contributed by atoms with van der Waals surface area (Å²) in [6.45, 7) is 0.257. The molecule has 0 spiro atoms. The molecule has 5 rings (SSSR count). The summed E-state index contributed by atoms with van der Waals surface area (Å²) in [5.74, 6) is -0.540. The summed E-state index contributed by atoms with van der Waals surface area (Å²) >= 11 is 0. The number of carbonyl (C=O) groups excluding carboxylic acids is 4. The zero-order valence-corrected chi connectivity index (χ0v) is 17.4. The van der Waals surface area contributed by atoms with Gasteiger partial charge in [0.2, 0.25) is 11.8 Å². The maximum atomic E-state index is 12.8. The molecule has 9 nitrogen and oxygen atoms in total. The summed E-state index contributed by atoms with van der Waals surface area (Å²) in [4.78, 5) is 54.8. The Balaban J connectivity index is 1.25. The molecule has 9 heteroatoms. The maximum Gasteiger partial charge on any atom is 0.257 e. The number of fused-ring (bicyclic) bond motifs is 1. The SMILES string of the molecule is O=C1CCC(N2Cc3cc(NC(=O)c4ccc(NC5CCC5)nc4)ccc3C2=O)C(=O)N1. The number of imide groups is 1. The maximum absolute atomic E-state index is 12.8. The molecule has 1 saturated carbocycles. The molecule has 4 amide bonds. The average molecular weight is 433 g/mol. The first-order chi connectivity index (χ1) is 15.5. The highest BCUT2D eigenvalue weighted by Gasteiger charge is 2.39. The Hall–Kier alpha value is -3.75. The van der Waals surface area contributed by atoms with Crippen LogP contribution in [0.25, 0.3) is 0 Å². The number of nitrogens with zero attached hydrogens (tertiary/aromatic N) is 2. The number of benzene rings is 1. The Kier molecular flexibility index (Phi) is 5.08. The van der Waals surface area contributed by atoms with Crippen molar-refractivity contribution in [3.63, 3.8) is 0 Å². The standard InChI is InChI=1S/C23H23N5O4/c29-20-9-7-18(22(31)27-20)28-12-14-10-16(5-6-17(14)23(28)32)26-21(30)13-4-8-19(24-11-13)25-15-2-1-3-15/h4-6,8,10-11,15,18H,1-3,7,9,12H2,(H,24,25)(H,26,30)(H,27,29,31). The Labute approximate surface area is 184 Å². The van der Waals surface area contributed by atoms with Crippen LogP contribution in [0.3, 0.4) is 0 Å². The molecule has 3 heterocycles. The van der Waals surface area contributed by atoms with E-state index >= 15 is 0 Å². The van der Waals surface area contributed by atoms with Crippen molar-refractivity contribution in [1.29, 1.82) is 0 Å². The van der Waals surface area contributed by atoms with E-state index in [1.807, 2.05) is 0 Å². The van der Waals surface area contributed by atoms with Gasteiger partial charge < -0.3 is 15.5 Å². The van der Waals surface area contributed by atoms with E-state index in [1.54, 1.807) is 30.3 Å². The van der Waals surface area contributed by atoms with Crippen molar-refractivity contribution in [2.45, 2.75) is 50.7 Å². The fraction of sp³-hybridized carbons (Fsp3) is 0.348. The molecule has 0 radical (unpaired) electrons. The van der Waals surface area contributed by atoms with E-state index in [2.05, 4.69) is 20.9 Å². The molecule has 32 heavy (non-hydrogen) atoms. The molecule has 3 aliphatic rings. The third kappa shape index (κ3) is 3.81. The summed E-state index contributed by atoms with van der Waals surface area (Å²) in [5, 5.41) is 8.47.